The second-order valence-corrected chi connectivity index (χ2v) is 16.1. The van der Waals surface area contributed by atoms with Crippen molar-refractivity contribution in [3.63, 3.8) is 0 Å². The third-order valence-electron chi connectivity index (χ3n) is 9.13. The predicted octanol–water partition coefficient (Wildman–Crippen LogP) is 3.13. The fraction of sp³-hybridized carbons (Fsp3) is 0.960. The van der Waals surface area contributed by atoms with Crippen molar-refractivity contribution in [1.29, 1.82) is 0 Å². The van der Waals surface area contributed by atoms with Crippen LogP contribution in [0.4, 0.5) is 0 Å². The van der Waals surface area contributed by atoms with E-state index in [-0.39, 0.29) is 11.3 Å². The molecule has 9 atom stereocenters. The smallest absolute Gasteiger partial charge is 0.384 e. The highest BCUT2D eigenvalue weighted by atomic mass is 35.5. The van der Waals surface area contributed by atoms with E-state index in [2.05, 4.69) is 24.1 Å². The second kappa shape index (κ2) is 10.6. The fourth-order valence-corrected chi connectivity index (χ4v) is 8.52. The van der Waals surface area contributed by atoms with Crippen molar-refractivity contribution in [3.8, 4) is 0 Å². The molecule has 0 radical (unpaired) electrons. The summed E-state index contributed by atoms with van der Waals surface area (Å²) in [5, 5.41) is 26.1. The lowest BCUT2D eigenvalue weighted by Crippen LogP contribution is -2.82. The number of likely N-dealkylation sites (N-methyl/N-ethyl adjacent to an activating group) is 1. The summed E-state index contributed by atoms with van der Waals surface area (Å²) in [7, 11) is -1.94. The first kappa shape index (κ1) is 33.5. The largest absolute Gasteiger partial charge is 0.403 e. The number of thioether (sulfide) groups is 1. The van der Waals surface area contributed by atoms with Gasteiger partial charge < -0.3 is 20.3 Å². The normalized spacial score (nSPS) is 45.0. The maximum absolute atomic E-state index is 13.8. The molecule has 0 bridgehead atoms. The first-order valence-electron chi connectivity index (χ1n) is 12.8. The maximum Gasteiger partial charge on any atom is 0.403 e. The number of rotatable bonds is 9. The van der Waals surface area contributed by atoms with Crippen LogP contribution in [0.5, 0.6) is 0 Å². The highest BCUT2D eigenvalue weighted by Crippen LogP contribution is 2.62. The van der Waals surface area contributed by atoms with Crippen LogP contribution < -0.4 is 5.32 Å². The zero-order valence-corrected chi connectivity index (χ0v) is 26.7. The Labute approximate surface area is 232 Å². The molecule has 0 aromatic rings. The minimum atomic E-state index is -3.88. The van der Waals surface area contributed by atoms with Crippen LogP contribution in [0.25, 0.3) is 0 Å². The van der Waals surface area contributed by atoms with Gasteiger partial charge in [0.1, 0.15) is 28.9 Å². The van der Waals surface area contributed by atoms with E-state index in [1.807, 2.05) is 14.0 Å². The molecule has 37 heavy (non-hydrogen) atoms. The Morgan fingerprint density at radius 2 is 1.78 bits per heavy atom. The molecule has 9 unspecified atom stereocenters. The molecule has 2 aliphatic heterocycles. The number of hydrogen-bond donors (Lipinski definition) is 5. The Hall–Kier alpha value is 0.260. The van der Waals surface area contributed by atoms with Crippen LogP contribution in [0.3, 0.4) is 0 Å². The van der Waals surface area contributed by atoms with E-state index in [1.165, 1.54) is 32.5 Å². The van der Waals surface area contributed by atoms with Gasteiger partial charge in [-0.25, -0.2) is 0 Å². The van der Waals surface area contributed by atoms with E-state index in [9.17, 15) is 24.8 Å². The minimum absolute atomic E-state index is 0.00486. The maximum atomic E-state index is 13.8. The highest BCUT2D eigenvalue weighted by molar-refractivity contribution is 7.99. The molecule has 0 aliphatic carbocycles. The summed E-state index contributed by atoms with van der Waals surface area (Å²) in [5.74, 6) is -0.231. The molecule has 2 fully saturated rings. The van der Waals surface area contributed by atoms with Crippen molar-refractivity contribution in [3.05, 3.63) is 0 Å². The molecule has 218 valence electrons. The van der Waals surface area contributed by atoms with Gasteiger partial charge in [0.15, 0.2) is 5.60 Å². The van der Waals surface area contributed by atoms with E-state index >= 15 is 0 Å². The first-order chi connectivity index (χ1) is 16.5. The molecular formula is C25H49ClN2O7PS+. The lowest BCUT2D eigenvalue weighted by Gasteiger charge is -2.63. The third-order valence-corrected chi connectivity index (χ3v) is 11.4. The number of alkyl halides is 1. The third kappa shape index (κ3) is 5.72. The topological polar surface area (TPSA) is 132 Å². The predicted molar refractivity (Wildman–Crippen MR) is 151 cm³/mol. The van der Waals surface area contributed by atoms with Crippen molar-refractivity contribution < 1.29 is 34.1 Å². The number of ether oxygens (including phenoxy) is 1. The van der Waals surface area contributed by atoms with Gasteiger partial charge in [-0.05, 0) is 73.1 Å². The molecular weight excluding hydrogens is 539 g/mol. The van der Waals surface area contributed by atoms with Gasteiger partial charge in [0.25, 0.3) is 0 Å². The van der Waals surface area contributed by atoms with Crippen molar-refractivity contribution in [2.24, 2.45) is 5.41 Å². The van der Waals surface area contributed by atoms with Gasteiger partial charge in [-0.3, -0.25) is 9.69 Å². The molecule has 5 N–H and O–H groups in total. The zero-order chi connectivity index (χ0) is 29.0. The zero-order valence-electron chi connectivity index (χ0n) is 24.3. The van der Waals surface area contributed by atoms with Crippen LogP contribution in [0.2, 0.25) is 0 Å². The SMILES string of the molecule is CCCC1(C)CN(C)C(C)(C(=O)NC(C(C)Cl)C2OC(C)(SC)C(C)(O[P+](C)(O)O)C(C)(O)C2(C)O)C1. The van der Waals surface area contributed by atoms with Gasteiger partial charge in [0.05, 0.1) is 17.0 Å². The molecule has 2 heterocycles. The number of likely N-dealkylation sites (tertiary alicyclic amines) is 1. The van der Waals surface area contributed by atoms with Crippen molar-refractivity contribution >= 4 is 37.2 Å². The molecule has 1 amide bonds. The molecule has 0 saturated carbocycles. The summed E-state index contributed by atoms with van der Waals surface area (Å²) in [6, 6.07) is -0.889. The molecule has 12 heteroatoms. The van der Waals surface area contributed by atoms with E-state index in [0.29, 0.717) is 6.42 Å². The standard InChI is InChI=1S/C25H48ClN2O7PS/c1-12-13-20(3)14-21(4,28(9)15-20)19(29)27-17(16(2)26)18-22(5,30)23(6,31)24(7,35-36(10,32)33)25(8,34-18)37-11/h16-18,30-33H,12-15H2,1-11H3/p+1. The Morgan fingerprint density at radius 1 is 1.24 bits per heavy atom. The summed E-state index contributed by atoms with van der Waals surface area (Å²) in [4.78, 5) is 35.0. The van der Waals surface area contributed by atoms with Gasteiger partial charge in [0, 0.05) is 6.54 Å². The Morgan fingerprint density at radius 3 is 2.22 bits per heavy atom. The molecule has 0 spiro atoms. The lowest BCUT2D eigenvalue weighted by atomic mass is 9.64. The van der Waals surface area contributed by atoms with Crippen LogP contribution in [0.1, 0.15) is 74.7 Å². The monoisotopic (exact) mass is 587 g/mol. The van der Waals surface area contributed by atoms with Crippen LogP contribution >= 0.6 is 31.3 Å². The average molecular weight is 588 g/mol. The molecule has 0 aromatic heterocycles. The molecule has 2 rings (SSSR count). The van der Waals surface area contributed by atoms with Gasteiger partial charge in [-0.15, -0.1) is 23.4 Å². The van der Waals surface area contributed by atoms with Gasteiger partial charge in [-0.2, -0.15) is 14.3 Å². The first-order valence-corrected chi connectivity index (χ1v) is 16.6. The molecule has 0 aromatic carbocycles. The summed E-state index contributed by atoms with van der Waals surface area (Å²) >= 11 is 7.83. The number of nitrogens with one attached hydrogen (secondary N) is 1. The highest BCUT2D eigenvalue weighted by Gasteiger charge is 2.75. The Bertz CT molecular complexity index is 859. The van der Waals surface area contributed by atoms with E-state index in [0.717, 1.165) is 26.1 Å². The van der Waals surface area contributed by atoms with Gasteiger partial charge >= 0.3 is 7.94 Å². The molecule has 9 nitrogen and oxygen atoms in total. The quantitative estimate of drug-likeness (QED) is 0.204. The lowest BCUT2D eigenvalue weighted by molar-refractivity contribution is -0.344. The second-order valence-electron chi connectivity index (χ2n) is 12.4. The van der Waals surface area contributed by atoms with Crippen molar-refractivity contribution in [2.75, 3.05) is 26.5 Å². The van der Waals surface area contributed by atoms with E-state index in [4.69, 9.17) is 20.9 Å². The number of nitrogens with zero attached hydrogens (tertiary/aromatic N) is 1. The summed E-state index contributed by atoms with van der Waals surface area (Å²) < 4.78 is 12.2. The Kier molecular flexibility index (Phi) is 9.57. The number of carbonyl (C=O) groups is 1. The van der Waals surface area contributed by atoms with Crippen LogP contribution in [-0.2, 0) is 14.1 Å². The summed E-state index contributed by atoms with van der Waals surface area (Å²) in [6.45, 7) is 15.8. The van der Waals surface area contributed by atoms with Crippen LogP contribution in [0.15, 0.2) is 0 Å². The van der Waals surface area contributed by atoms with E-state index in [1.54, 1.807) is 20.1 Å². The summed E-state index contributed by atoms with van der Waals surface area (Å²) in [6.07, 6.45) is 3.27. The van der Waals surface area contributed by atoms with Crippen molar-refractivity contribution in [2.45, 2.75) is 119 Å². The van der Waals surface area contributed by atoms with Crippen molar-refractivity contribution in [1.82, 2.24) is 10.2 Å². The number of hydrogen-bond acceptors (Lipinski definition) is 9. The minimum Gasteiger partial charge on any atom is -0.384 e. The molecule has 2 saturated heterocycles. The Balaban J connectivity index is 2.51. The number of carbonyl (C=O) groups excluding carboxylic acids is 1. The van der Waals surface area contributed by atoms with Crippen LogP contribution in [-0.4, -0.2) is 102 Å². The molecule has 2 aliphatic rings. The van der Waals surface area contributed by atoms with Gasteiger partial charge in [-0.1, -0.05) is 20.3 Å². The number of aliphatic hydroxyl groups is 2. The fourth-order valence-electron chi connectivity index (χ4n) is 6.39. The van der Waals surface area contributed by atoms with E-state index < -0.39 is 52.7 Å². The van der Waals surface area contributed by atoms with Crippen LogP contribution in [0, 0.1) is 5.41 Å². The average Bonchev–Trinajstić information content (AvgIpc) is 2.96. The number of amides is 1. The number of halogens is 1. The summed E-state index contributed by atoms with van der Waals surface area (Å²) in [5.41, 5.74) is -6.63. The van der Waals surface area contributed by atoms with Gasteiger partial charge in [0.2, 0.25) is 5.91 Å².